The van der Waals surface area contributed by atoms with Crippen molar-refractivity contribution in [3.8, 4) is 17.2 Å². The Morgan fingerprint density at radius 1 is 1.23 bits per heavy atom. The minimum Gasteiger partial charge on any atom is -0.484 e. The van der Waals surface area contributed by atoms with Gasteiger partial charge in [-0.1, -0.05) is 6.07 Å². The monoisotopic (exact) mass is 303 g/mol. The van der Waals surface area contributed by atoms with Crippen LogP contribution in [0.15, 0.2) is 36.4 Å². The highest BCUT2D eigenvalue weighted by Gasteiger charge is 2.14. The summed E-state index contributed by atoms with van der Waals surface area (Å²) in [6.07, 6.45) is 0. The molecule has 114 valence electrons. The predicted molar refractivity (Wildman–Crippen MR) is 77.8 cm³/mol. The number of fused-ring (bicyclic) bond motifs is 1. The van der Waals surface area contributed by atoms with Crippen LogP contribution in [0.2, 0.25) is 0 Å². The first-order valence-electron chi connectivity index (χ1n) is 6.70. The predicted octanol–water partition coefficient (Wildman–Crippen LogP) is 2.88. The van der Waals surface area contributed by atoms with E-state index in [2.05, 4.69) is 5.32 Å². The van der Waals surface area contributed by atoms with Gasteiger partial charge in [-0.3, -0.25) is 4.79 Å². The SMILES string of the molecule is Cc1ccc(F)cc1NC(=O)COc1ccc2c(c1)OCO2. The van der Waals surface area contributed by atoms with E-state index in [1.54, 1.807) is 31.2 Å². The summed E-state index contributed by atoms with van der Waals surface area (Å²) < 4.78 is 29.0. The summed E-state index contributed by atoms with van der Waals surface area (Å²) in [5, 5.41) is 2.61. The molecule has 0 aliphatic carbocycles. The molecule has 3 rings (SSSR count). The van der Waals surface area contributed by atoms with Crippen molar-refractivity contribution in [3.63, 3.8) is 0 Å². The molecule has 0 fully saturated rings. The number of aryl methyl sites for hydroxylation is 1. The van der Waals surface area contributed by atoms with Crippen LogP contribution in [-0.2, 0) is 4.79 Å². The number of benzene rings is 2. The van der Waals surface area contributed by atoms with Gasteiger partial charge in [0.05, 0.1) is 0 Å². The van der Waals surface area contributed by atoms with E-state index < -0.39 is 5.82 Å². The van der Waals surface area contributed by atoms with Crippen LogP contribution < -0.4 is 19.5 Å². The van der Waals surface area contributed by atoms with Gasteiger partial charge in [0.2, 0.25) is 6.79 Å². The Morgan fingerprint density at radius 2 is 2.05 bits per heavy atom. The van der Waals surface area contributed by atoms with Gasteiger partial charge in [-0.2, -0.15) is 0 Å². The normalized spacial score (nSPS) is 12.1. The Hall–Kier alpha value is -2.76. The number of amides is 1. The molecule has 0 saturated carbocycles. The second-order valence-corrected chi connectivity index (χ2v) is 4.81. The molecule has 0 spiro atoms. The second kappa shape index (κ2) is 5.93. The molecule has 5 nitrogen and oxygen atoms in total. The van der Waals surface area contributed by atoms with Gasteiger partial charge in [0.25, 0.3) is 5.91 Å². The highest BCUT2D eigenvalue weighted by Crippen LogP contribution is 2.35. The fraction of sp³-hybridized carbons (Fsp3) is 0.188. The summed E-state index contributed by atoms with van der Waals surface area (Å²) >= 11 is 0. The molecule has 6 heteroatoms. The van der Waals surface area contributed by atoms with E-state index in [9.17, 15) is 9.18 Å². The highest BCUT2D eigenvalue weighted by molar-refractivity contribution is 5.92. The molecular weight excluding hydrogens is 289 g/mol. The zero-order valence-corrected chi connectivity index (χ0v) is 11.9. The molecule has 22 heavy (non-hydrogen) atoms. The van der Waals surface area contributed by atoms with Gasteiger partial charge in [0.1, 0.15) is 11.6 Å². The molecular formula is C16H14FNO4. The van der Waals surface area contributed by atoms with Crippen molar-refractivity contribution in [3.05, 3.63) is 47.8 Å². The number of halogens is 1. The number of anilines is 1. The van der Waals surface area contributed by atoms with Gasteiger partial charge < -0.3 is 19.5 Å². The standard InChI is InChI=1S/C16H14FNO4/c1-10-2-3-11(17)6-13(10)18-16(19)8-20-12-4-5-14-15(7-12)22-9-21-14/h2-7H,8-9H2,1H3,(H,18,19). The summed E-state index contributed by atoms with van der Waals surface area (Å²) in [6, 6.07) is 9.27. The largest absolute Gasteiger partial charge is 0.484 e. The lowest BCUT2D eigenvalue weighted by Crippen LogP contribution is -2.20. The van der Waals surface area contributed by atoms with Crippen LogP contribution in [0.5, 0.6) is 17.2 Å². The van der Waals surface area contributed by atoms with Crippen LogP contribution in [0.1, 0.15) is 5.56 Å². The van der Waals surface area contributed by atoms with E-state index in [4.69, 9.17) is 14.2 Å². The van der Waals surface area contributed by atoms with E-state index in [1.807, 2.05) is 0 Å². The number of hydrogen-bond donors (Lipinski definition) is 1. The van der Waals surface area contributed by atoms with Gasteiger partial charge >= 0.3 is 0 Å². The number of carbonyl (C=O) groups is 1. The van der Waals surface area contributed by atoms with Gasteiger partial charge in [0.15, 0.2) is 18.1 Å². The minimum atomic E-state index is -0.405. The first-order valence-corrected chi connectivity index (χ1v) is 6.70. The fourth-order valence-corrected chi connectivity index (χ4v) is 2.03. The second-order valence-electron chi connectivity index (χ2n) is 4.81. The summed E-state index contributed by atoms with van der Waals surface area (Å²) in [6.45, 7) is 1.78. The average Bonchev–Trinajstić information content (AvgIpc) is 2.96. The summed E-state index contributed by atoms with van der Waals surface area (Å²) in [5.74, 6) is 0.949. The minimum absolute atomic E-state index is 0.179. The number of rotatable bonds is 4. The quantitative estimate of drug-likeness (QED) is 0.943. The summed E-state index contributed by atoms with van der Waals surface area (Å²) in [7, 11) is 0. The van der Waals surface area contributed by atoms with Gasteiger partial charge in [-0.05, 0) is 36.8 Å². The summed E-state index contributed by atoms with van der Waals surface area (Å²) in [4.78, 5) is 11.9. The van der Waals surface area contributed by atoms with Crippen molar-refractivity contribution in [1.82, 2.24) is 0 Å². The Morgan fingerprint density at radius 3 is 2.91 bits per heavy atom. The molecule has 2 aromatic carbocycles. The van der Waals surface area contributed by atoms with Crippen LogP contribution in [0.25, 0.3) is 0 Å². The maximum absolute atomic E-state index is 13.2. The lowest BCUT2D eigenvalue weighted by Gasteiger charge is -2.10. The smallest absolute Gasteiger partial charge is 0.262 e. The van der Waals surface area contributed by atoms with Crippen LogP contribution >= 0.6 is 0 Å². The average molecular weight is 303 g/mol. The van der Waals surface area contributed by atoms with Crippen molar-refractivity contribution in [2.45, 2.75) is 6.92 Å². The Labute approximate surface area is 126 Å². The van der Waals surface area contributed by atoms with Crippen molar-refractivity contribution in [2.24, 2.45) is 0 Å². The van der Waals surface area contributed by atoms with Crippen LogP contribution in [0.4, 0.5) is 10.1 Å². The van der Waals surface area contributed by atoms with E-state index in [1.165, 1.54) is 12.1 Å². The van der Waals surface area contributed by atoms with Crippen LogP contribution in [0.3, 0.4) is 0 Å². The zero-order valence-electron chi connectivity index (χ0n) is 11.9. The first-order chi connectivity index (χ1) is 10.6. The Balaban J connectivity index is 1.59. The molecule has 1 aliphatic rings. The van der Waals surface area contributed by atoms with Crippen molar-refractivity contribution >= 4 is 11.6 Å². The molecule has 1 amide bonds. The van der Waals surface area contributed by atoms with Crippen molar-refractivity contribution in [2.75, 3.05) is 18.7 Å². The first kappa shape index (κ1) is 14.2. The lowest BCUT2D eigenvalue weighted by atomic mass is 10.2. The number of ether oxygens (including phenoxy) is 3. The molecule has 0 saturated heterocycles. The highest BCUT2D eigenvalue weighted by atomic mass is 19.1. The maximum atomic E-state index is 13.2. The van der Waals surface area contributed by atoms with E-state index in [0.717, 1.165) is 5.56 Å². The molecule has 0 unspecified atom stereocenters. The molecule has 0 atom stereocenters. The van der Waals surface area contributed by atoms with Gasteiger partial charge in [-0.25, -0.2) is 4.39 Å². The third-order valence-electron chi connectivity index (χ3n) is 3.19. The zero-order chi connectivity index (χ0) is 15.5. The molecule has 1 N–H and O–H groups in total. The summed E-state index contributed by atoms with van der Waals surface area (Å²) in [5.41, 5.74) is 1.21. The maximum Gasteiger partial charge on any atom is 0.262 e. The molecule has 2 aromatic rings. The molecule has 0 bridgehead atoms. The van der Waals surface area contributed by atoms with Gasteiger partial charge in [0, 0.05) is 11.8 Å². The van der Waals surface area contributed by atoms with Crippen molar-refractivity contribution in [1.29, 1.82) is 0 Å². The van der Waals surface area contributed by atoms with E-state index >= 15 is 0 Å². The number of hydrogen-bond acceptors (Lipinski definition) is 4. The van der Waals surface area contributed by atoms with E-state index in [-0.39, 0.29) is 19.3 Å². The van der Waals surface area contributed by atoms with Crippen molar-refractivity contribution < 1.29 is 23.4 Å². The Bertz CT molecular complexity index is 717. The third kappa shape index (κ3) is 3.11. The van der Waals surface area contributed by atoms with Crippen LogP contribution in [-0.4, -0.2) is 19.3 Å². The Kier molecular flexibility index (Phi) is 3.82. The lowest BCUT2D eigenvalue weighted by molar-refractivity contribution is -0.118. The van der Waals surface area contributed by atoms with E-state index in [0.29, 0.717) is 22.9 Å². The van der Waals surface area contributed by atoms with Gasteiger partial charge in [-0.15, -0.1) is 0 Å². The third-order valence-corrected chi connectivity index (χ3v) is 3.19. The molecule has 1 heterocycles. The molecule has 1 aliphatic heterocycles. The number of carbonyl (C=O) groups excluding carboxylic acids is 1. The number of nitrogens with one attached hydrogen (secondary N) is 1. The topological polar surface area (TPSA) is 56.8 Å². The fourth-order valence-electron chi connectivity index (χ4n) is 2.03. The molecule has 0 aromatic heterocycles. The molecule has 0 radical (unpaired) electrons. The van der Waals surface area contributed by atoms with Crippen LogP contribution in [0, 0.1) is 12.7 Å².